The van der Waals surface area contributed by atoms with Crippen molar-refractivity contribution in [2.75, 3.05) is 26.2 Å². The predicted molar refractivity (Wildman–Crippen MR) is 130 cm³/mol. The van der Waals surface area contributed by atoms with E-state index in [0.717, 1.165) is 11.1 Å². The fourth-order valence-electron chi connectivity index (χ4n) is 4.04. The van der Waals surface area contributed by atoms with Gasteiger partial charge in [-0.1, -0.05) is 6.07 Å². The van der Waals surface area contributed by atoms with E-state index in [1.165, 1.54) is 46.8 Å². The third-order valence-electron chi connectivity index (χ3n) is 5.75. The van der Waals surface area contributed by atoms with E-state index in [1.54, 1.807) is 4.90 Å². The topological polar surface area (TPSA) is 111 Å². The summed E-state index contributed by atoms with van der Waals surface area (Å²) in [7, 11) is -4.00. The van der Waals surface area contributed by atoms with Crippen LogP contribution in [-0.4, -0.2) is 54.8 Å². The van der Waals surface area contributed by atoms with Crippen LogP contribution in [0.15, 0.2) is 65.6 Å². The number of carbonyl (C=O) groups is 1. The van der Waals surface area contributed by atoms with Gasteiger partial charge in [0.1, 0.15) is 22.1 Å². The molecule has 0 unspecified atom stereocenters. The summed E-state index contributed by atoms with van der Waals surface area (Å²) in [4.78, 5) is 14.2. The summed E-state index contributed by atoms with van der Waals surface area (Å²) in [6, 6.07) is 17.9. The van der Waals surface area contributed by atoms with Gasteiger partial charge in [-0.15, -0.1) is 0 Å². The molecule has 9 heteroatoms. The Balaban J connectivity index is 1.57. The van der Waals surface area contributed by atoms with Crippen molar-refractivity contribution in [2.24, 2.45) is 0 Å². The van der Waals surface area contributed by atoms with Crippen LogP contribution in [0.25, 0.3) is 0 Å². The maximum Gasteiger partial charge on any atom is 0.253 e. The molecule has 180 valence electrons. The van der Waals surface area contributed by atoms with Gasteiger partial charge in [-0.2, -0.15) is 9.57 Å². The van der Waals surface area contributed by atoms with E-state index >= 15 is 0 Å². The second-order valence-corrected chi connectivity index (χ2v) is 10.3. The van der Waals surface area contributed by atoms with E-state index in [0.29, 0.717) is 11.3 Å². The van der Waals surface area contributed by atoms with Crippen LogP contribution in [0.3, 0.4) is 0 Å². The molecule has 0 bridgehead atoms. The summed E-state index contributed by atoms with van der Waals surface area (Å²) < 4.78 is 34.5. The molecular formula is C26H25N3O5S. The molecule has 35 heavy (non-hydrogen) atoms. The Morgan fingerprint density at radius 3 is 2.17 bits per heavy atom. The highest BCUT2D eigenvalue weighted by Gasteiger charge is 2.33. The predicted octanol–water partition coefficient (Wildman–Crippen LogP) is 3.82. The van der Waals surface area contributed by atoms with Crippen LogP contribution < -0.4 is 4.74 Å². The highest BCUT2D eigenvalue weighted by molar-refractivity contribution is 7.89. The number of nitrogens with zero attached hydrogens (tertiary/aromatic N) is 3. The van der Waals surface area contributed by atoms with Crippen molar-refractivity contribution in [1.29, 1.82) is 5.26 Å². The maximum absolute atomic E-state index is 13.6. The van der Waals surface area contributed by atoms with Crippen LogP contribution in [0.5, 0.6) is 17.2 Å². The Hall–Kier alpha value is -3.87. The number of carbonyl (C=O) groups excluding carboxylic acids is 1. The van der Waals surface area contributed by atoms with Gasteiger partial charge >= 0.3 is 0 Å². The minimum atomic E-state index is -4.00. The molecule has 3 aromatic carbocycles. The molecule has 1 aliphatic heterocycles. The highest BCUT2D eigenvalue weighted by atomic mass is 32.2. The normalized spacial score (nSPS) is 14.4. The van der Waals surface area contributed by atoms with Crippen molar-refractivity contribution in [3.63, 3.8) is 0 Å². The molecule has 0 atom stereocenters. The van der Waals surface area contributed by atoms with E-state index in [2.05, 4.69) is 0 Å². The second-order valence-electron chi connectivity index (χ2n) is 8.44. The van der Waals surface area contributed by atoms with Gasteiger partial charge in [0.2, 0.25) is 10.0 Å². The molecule has 0 aromatic heterocycles. The van der Waals surface area contributed by atoms with E-state index in [1.807, 2.05) is 38.1 Å². The third kappa shape index (κ3) is 5.29. The van der Waals surface area contributed by atoms with Gasteiger partial charge in [-0.05, 0) is 79.6 Å². The van der Waals surface area contributed by atoms with E-state index < -0.39 is 10.0 Å². The Kier molecular flexibility index (Phi) is 6.78. The minimum Gasteiger partial charge on any atom is -0.508 e. The van der Waals surface area contributed by atoms with Gasteiger partial charge < -0.3 is 14.7 Å². The van der Waals surface area contributed by atoms with Gasteiger partial charge in [0, 0.05) is 31.7 Å². The number of phenolic OH excluding ortho intramolecular Hbond substituents is 1. The first-order valence-electron chi connectivity index (χ1n) is 11.1. The lowest BCUT2D eigenvalue weighted by Gasteiger charge is -2.34. The average molecular weight is 492 g/mol. The summed E-state index contributed by atoms with van der Waals surface area (Å²) >= 11 is 0. The third-order valence-corrected chi connectivity index (χ3v) is 7.67. The van der Waals surface area contributed by atoms with Crippen LogP contribution >= 0.6 is 0 Å². The zero-order valence-electron chi connectivity index (χ0n) is 19.4. The molecule has 1 N–H and O–H groups in total. The number of benzene rings is 3. The zero-order valence-corrected chi connectivity index (χ0v) is 20.2. The van der Waals surface area contributed by atoms with Crippen LogP contribution in [0.2, 0.25) is 0 Å². The molecule has 1 aliphatic rings. The summed E-state index contributed by atoms with van der Waals surface area (Å²) in [6.07, 6.45) is 0. The van der Waals surface area contributed by atoms with E-state index in [4.69, 9.17) is 4.74 Å². The number of rotatable bonds is 5. The number of aryl methyl sites for hydroxylation is 2. The summed E-state index contributed by atoms with van der Waals surface area (Å²) in [6.45, 7) is 4.48. The molecule has 0 saturated carbocycles. The van der Waals surface area contributed by atoms with E-state index in [-0.39, 0.29) is 54.0 Å². The van der Waals surface area contributed by atoms with Gasteiger partial charge in [0.25, 0.3) is 5.91 Å². The van der Waals surface area contributed by atoms with Crippen LogP contribution in [0.1, 0.15) is 27.0 Å². The molecule has 3 aromatic rings. The zero-order chi connectivity index (χ0) is 25.2. The van der Waals surface area contributed by atoms with Crippen molar-refractivity contribution >= 4 is 15.9 Å². The number of piperazine rings is 1. The lowest BCUT2D eigenvalue weighted by atomic mass is 10.1. The number of ether oxygens (including phenoxy) is 1. The Labute approximate surface area is 204 Å². The lowest BCUT2D eigenvalue weighted by molar-refractivity contribution is 0.0697. The van der Waals surface area contributed by atoms with Crippen molar-refractivity contribution in [3.8, 4) is 23.3 Å². The van der Waals surface area contributed by atoms with Crippen LogP contribution in [-0.2, 0) is 10.0 Å². The van der Waals surface area contributed by atoms with E-state index in [9.17, 15) is 23.6 Å². The molecule has 8 nitrogen and oxygen atoms in total. The Morgan fingerprint density at radius 1 is 0.943 bits per heavy atom. The SMILES string of the molecule is Cc1cc(C)cc(Oc2ccc(C#N)cc2S(=O)(=O)N2CCN(C(=O)c3ccc(O)cc3)CC2)c1. The maximum atomic E-state index is 13.6. The first kappa shape index (κ1) is 24.3. The smallest absolute Gasteiger partial charge is 0.253 e. The Morgan fingerprint density at radius 2 is 1.57 bits per heavy atom. The number of sulfonamides is 1. The Bertz CT molecular complexity index is 1380. The summed E-state index contributed by atoms with van der Waals surface area (Å²) in [5, 5.41) is 18.8. The molecule has 1 fully saturated rings. The van der Waals surface area contributed by atoms with Crippen LogP contribution in [0.4, 0.5) is 0 Å². The molecule has 1 saturated heterocycles. The number of hydrogen-bond donors (Lipinski definition) is 1. The molecule has 1 heterocycles. The van der Waals surface area contributed by atoms with Crippen molar-refractivity contribution < 1.29 is 23.1 Å². The molecule has 0 aliphatic carbocycles. The molecule has 4 rings (SSSR count). The number of aromatic hydroxyl groups is 1. The van der Waals surface area contributed by atoms with Crippen LogP contribution in [0, 0.1) is 25.2 Å². The van der Waals surface area contributed by atoms with Gasteiger partial charge in [-0.3, -0.25) is 4.79 Å². The van der Waals surface area contributed by atoms with Crippen molar-refractivity contribution in [3.05, 3.63) is 82.9 Å². The van der Waals surface area contributed by atoms with Gasteiger partial charge in [-0.25, -0.2) is 8.42 Å². The quantitative estimate of drug-likeness (QED) is 0.581. The lowest BCUT2D eigenvalue weighted by Crippen LogP contribution is -2.50. The highest BCUT2D eigenvalue weighted by Crippen LogP contribution is 2.33. The average Bonchev–Trinajstić information content (AvgIpc) is 2.83. The summed E-state index contributed by atoms with van der Waals surface area (Å²) in [5.41, 5.74) is 2.59. The first-order valence-corrected chi connectivity index (χ1v) is 12.5. The van der Waals surface area contributed by atoms with Gasteiger partial charge in [0.15, 0.2) is 0 Å². The van der Waals surface area contributed by atoms with Crippen molar-refractivity contribution in [2.45, 2.75) is 18.7 Å². The molecule has 0 spiro atoms. The number of phenols is 1. The minimum absolute atomic E-state index is 0.0657. The number of nitriles is 1. The number of hydrogen-bond acceptors (Lipinski definition) is 6. The first-order chi connectivity index (χ1) is 16.7. The fraction of sp³-hybridized carbons (Fsp3) is 0.231. The largest absolute Gasteiger partial charge is 0.508 e. The monoisotopic (exact) mass is 491 g/mol. The van der Waals surface area contributed by atoms with Crippen molar-refractivity contribution in [1.82, 2.24) is 9.21 Å². The molecule has 1 amide bonds. The number of amides is 1. The second kappa shape index (κ2) is 9.78. The summed E-state index contributed by atoms with van der Waals surface area (Å²) in [5.74, 6) is 0.479. The fourth-order valence-corrected chi connectivity index (χ4v) is 5.60. The molecular weight excluding hydrogens is 466 g/mol. The molecule has 0 radical (unpaired) electrons. The standard InChI is InChI=1S/C26H25N3O5S/c1-18-13-19(2)15-23(14-18)34-24-8-3-20(17-27)16-25(24)35(32,33)29-11-9-28(10-12-29)26(31)21-4-6-22(30)7-5-21/h3-8,13-16,30H,9-12H2,1-2H3. The van der Waals surface area contributed by atoms with Gasteiger partial charge in [0.05, 0.1) is 11.6 Å².